The zero-order chi connectivity index (χ0) is 11.4. The minimum atomic E-state index is -1.01. The lowest BCUT2D eigenvalue weighted by Gasteiger charge is -2.23. The number of rotatable bonds is 4. The molecule has 0 spiro atoms. The van der Waals surface area contributed by atoms with Crippen LogP contribution in [-0.4, -0.2) is 23.7 Å². The number of carbonyl (C=O) groups excluding carboxylic acids is 1. The van der Waals surface area contributed by atoms with E-state index in [-0.39, 0.29) is 24.5 Å². The van der Waals surface area contributed by atoms with Gasteiger partial charge < -0.3 is 10.4 Å². The molecule has 0 fully saturated rings. The second-order valence-electron chi connectivity index (χ2n) is 4.16. The number of aliphatic hydroxyl groups excluding tert-OH is 1. The molecule has 0 saturated carbocycles. The molecule has 0 aromatic rings. The zero-order valence-electron chi connectivity index (χ0n) is 9.16. The Labute approximate surface area is 84.9 Å². The van der Waals surface area contributed by atoms with Gasteiger partial charge >= 0.3 is 0 Å². The molecule has 0 rings (SSSR count). The summed E-state index contributed by atoms with van der Waals surface area (Å²) in [6.45, 7) is 6.81. The van der Waals surface area contributed by atoms with Crippen LogP contribution in [0.3, 0.4) is 0 Å². The smallest absolute Gasteiger partial charge is 0.240 e. The molecule has 0 aliphatic rings. The van der Waals surface area contributed by atoms with Crippen LogP contribution in [0, 0.1) is 22.7 Å². The fourth-order valence-corrected chi connectivity index (χ4v) is 0.738. The average Bonchev–Trinajstić information content (AvgIpc) is 2.16. The van der Waals surface area contributed by atoms with Crippen molar-refractivity contribution in [1.82, 2.24) is 5.32 Å². The number of hydrogen-bond acceptors (Lipinski definition) is 3. The molecule has 80 valence electrons. The van der Waals surface area contributed by atoms with Gasteiger partial charge in [0.05, 0.1) is 6.07 Å². The highest BCUT2D eigenvalue weighted by Crippen LogP contribution is 2.14. The van der Waals surface area contributed by atoms with Gasteiger partial charge in [-0.25, -0.2) is 0 Å². The third kappa shape index (κ3) is 3.35. The van der Waals surface area contributed by atoms with Gasteiger partial charge in [0, 0.05) is 12.6 Å². The Kier molecular flexibility index (Phi) is 4.58. The molecule has 1 amide bonds. The Hall–Kier alpha value is -1.08. The first-order chi connectivity index (χ1) is 6.35. The van der Waals surface area contributed by atoms with Crippen LogP contribution in [-0.2, 0) is 4.79 Å². The van der Waals surface area contributed by atoms with Crippen LogP contribution in [0.25, 0.3) is 0 Å². The van der Waals surface area contributed by atoms with E-state index in [0.29, 0.717) is 0 Å². The maximum atomic E-state index is 11.5. The van der Waals surface area contributed by atoms with E-state index in [0.717, 1.165) is 0 Å². The van der Waals surface area contributed by atoms with E-state index in [2.05, 4.69) is 5.32 Å². The molecule has 4 heteroatoms. The monoisotopic (exact) mass is 198 g/mol. The molecule has 2 unspecified atom stereocenters. The van der Waals surface area contributed by atoms with Gasteiger partial charge in [0.15, 0.2) is 0 Å². The van der Waals surface area contributed by atoms with Gasteiger partial charge in [-0.15, -0.1) is 0 Å². The molecule has 0 aliphatic heterocycles. The number of carbonyl (C=O) groups is 1. The van der Waals surface area contributed by atoms with Crippen molar-refractivity contribution in [2.24, 2.45) is 11.3 Å². The Balaban J connectivity index is 4.28. The van der Waals surface area contributed by atoms with Crippen molar-refractivity contribution in [3.63, 3.8) is 0 Å². The number of nitrogens with zero attached hydrogens (tertiary/aromatic N) is 1. The number of hydrogen-bond donors (Lipinski definition) is 2. The largest absolute Gasteiger partial charge is 0.396 e. The number of amides is 1. The predicted octanol–water partition coefficient (Wildman–Crippen LogP) is 0.669. The highest BCUT2D eigenvalue weighted by atomic mass is 16.3. The molecule has 0 aromatic heterocycles. The SMILES string of the molecule is CC(CO)C(C)NC(=O)C(C)(C)C#N. The lowest BCUT2D eigenvalue weighted by atomic mass is 9.93. The predicted molar refractivity (Wildman–Crippen MR) is 53.2 cm³/mol. The average molecular weight is 198 g/mol. The van der Waals surface area contributed by atoms with Gasteiger partial charge in [-0.2, -0.15) is 5.26 Å². The lowest BCUT2D eigenvalue weighted by Crippen LogP contribution is -2.44. The Morgan fingerprint density at radius 1 is 1.57 bits per heavy atom. The summed E-state index contributed by atoms with van der Waals surface area (Å²) in [5, 5.41) is 20.3. The van der Waals surface area contributed by atoms with Crippen molar-refractivity contribution >= 4 is 5.91 Å². The maximum Gasteiger partial charge on any atom is 0.240 e. The molecule has 4 nitrogen and oxygen atoms in total. The van der Waals surface area contributed by atoms with E-state index in [1.165, 1.54) is 0 Å². The lowest BCUT2D eigenvalue weighted by molar-refractivity contribution is -0.127. The van der Waals surface area contributed by atoms with E-state index in [4.69, 9.17) is 10.4 Å². The van der Waals surface area contributed by atoms with Crippen LogP contribution in [0.1, 0.15) is 27.7 Å². The third-order valence-electron chi connectivity index (χ3n) is 2.35. The second kappa shape index (κ2) is 4.97. The Morgan fingerprint density at radius 3 is 2.43 bits per heavy atom. The van der Waals surface area contributed by atoms with Gasteiger partial charge in [-0.05, 0) is 26.7 Å². The number of nitriles is 1. The molecule has 2 N–H and O–H groups in total. The fraction of sp³-hybridized carbons (Fsp3) is 0.800. The minimum Gasteiger partial charge on any atom is -0.396 e. The molecular formula is C10H18N2O2. The third-order valence-corrected chi connectivity index (χ3v) is 2.35. The summed E-state index contributed by atoms with van der Waals surface area (Å²) in [5.41, 5.74) is -1.01. The van der Waals surface area contributed by atoms with E-state index in [1.807, 2.05) is 19.9 Å². The Morgan fingerprint density at radius 2 is 2.07 bits per heavy atom. The summed E-state index contributed by atoms with van der Waals surface area (Å²) < 4.78 is 0. The molecule has 0 saturated heterocycles. The highest BCUT2D eigenvalue weighted by molar-refractivity contribution is 5.84. The van der Waals surface area contributed by atoms with Crippen LogP contribution in [0.5, 0.6) is 0 Å². The van der Waals surface area contributed by atoms with Crippen molar-refractivity contribution in [2.75, 3.05) is 6.61 Å². The summed E-state index contributed by atoms with van der Waals surface area (Å²) in [7, 11) is 0. The molecular weight excluding hydrogens is 180 g/mol. The van der Waals surface area contributed by atoms with Gasteiger partial charge in [-0.1, -0.05) is 6.92 Å². The van der Waals surface area contributed by atoms with Crippen molar-refractivity contribution in [2.45, 2.75) is 33.7 Å². The van der Waals surface area contributed by atoms with E-state index in [1.54, 1.807) is 13.8 Å². The van der Waals surface area contributed by atoms with Gasteiger partial charge in [0.1, 0.15) is 5.41 Å². The fourth-order valence-electron chi connectivity index (χ4n) is 0.738. The number of nitrogens with one attached hydrogen (secondary N) is 1. The topological polar surface area (TPSA) is 73.1 Å². The van der Waals surface area contributed by atoms with Crippen LogP contribution < -0.4 is 5.32 Å². The first-order valence-electron chi connectivity index (χ1n) is 4.68. The molecule has 0 heterocycles. The summed E-state index contributed by atoms with van der Waals surface area (Å²) in [5.74, 6) is -0.304. The molecule has 0 aliphatic carbocycles. The zero-order valence-corrected chi connectivity index (χ0v) is 9.16. The van der Waals surface area contributed by atoms with Crippen molar-refractivity contribution in [3.8, 4) is 6.07 Å². The van der Waals surface area contributed by atoms with Crippen molar-refractivity contribution < 1.29 is 9.90 Å². The quantitative estimate of drug-likeness (QED) is 0.697. The Bertz CT molecular complexity index is 243. The van der Waals surface area contributed by atoms with Crippen LogP contribution >= 0.6 is 0 Å². The van der Waals surface area contributed by atoms with Crippen molar-refractivity contribution in [1.29, 1.82) is 5.26 Å². The second-order valence-corrected chi connectivity index (χ2v) is 4.16. The first-order valence-corrected chi connectivity index (χ1v) is 4.68. The van der Waals surface area contributed by atoms with Crippen LogP contribution in [0.2, 0.25) is 0 Å². The molecule has 2 atom stereocenters. The van der Waals surface area contributed by atoms with Gasteiger partial charge in [0.2, 0.25) is 5.91 Å². The summed E-state index contributed by atoms with van der Waals surface area (Å²) >= 11 is 0. The van der Waals surface area contributed by atoms with Gasteiger partial charge in [-0.3, -0.25) is 4.79 Å². The summed E-state index contributed by atoms with van der Waals surface area (Å²) in [6, 6.07) is 1.80. The minimum absolute atomic E-state index is 0.00607. The summed E-state index contributed by atoms with van der Waals surface area (Å²) in [4.78, 5) is 11.5. The molecule has 0 bridgehead atoms. The molecule has 0 aromatic carbocycles. The van der Waals surface area contributed by atoms with Crippen LogP contribution in [0.15, 0.2) is 0 Å². The molecule has 14 heavy (non-hydrogen) atoms. The van der Waals surface area contributed by atoms with E-state index in [9.17, 15) is 4.79 Å². The molecule has 0 radical (unpaired) electrons. The van der Waals surface area contributed by atoms with E-state index < -0.39 is 5.41 Å². The summed E-state index contributed by atoms with van der Waals surface area (Å²) in [6.07, 6.45) is 0. The standard InChI is InChI=1S/C10H18N2O2/c1-7(5-13)8(2)12-9(14)10(3,4)6-11/h7-8,13H,5H2,1-4H3,(H,12,14). The highest BCUT2D eigenvalue weighted by Gasteiger charge is 2.28. The maximum absolute atomic E-state index is 11.5. The number of aliphatic hydroxyl groups is 1. The van der Waals surface area contributed by atoms with Crippen molar-refractivity contribution in [3.05, 3.63) is 0 Å². The normalized spacial score (nSPS) is 15.4. The first kappa shape index (κ1) is 12.9. The van der Waals surface area contributed by atoms with Crippen LogP contribution in [0.4, 0.5) is 0 Å². The van der Waals surface area contributed by atoms with E-state index >= 15 is 0 Å². The van der Waals surface area contributed by atoms with Gasteiger partial charge in [0.25, 0.3) is 0 Å².